The summed E-state index contributed by atoms with van der Waals surface area (Å²) in [7, 11) is -3.52. The Morgan fingerprint density at radius 3 is 1.07 bits per heavy atom. The summed E-state index contributed by atoms with van der Waals surface area (Å²) in [6.07, 6.45) is 1.77. The molecule has 0 saturated heterocycles. The van der Waals surface area contributed by atoms with Crippen molar-refractivity contribution < 1.29 is 57.2 Å². The second-order valence-corrected chi connectivity index (χ2v) is 12.6. The van der Waals surface area contributed by atoms with Crippen LogP contribution in [0.1, 0.15) is 92.9 Å². The molecule has 0 aromatic carbocycles. The van der Waals surface area contributed by atoms with Gasteiger partial charge in [-0.15, -0.1) is 0 Å². The maximum Gasteiger partial charge on any atom is 0.343 e. The number of hydrogen-bond acceptors (Lipinski definition) is 11. The molecule has 0 rings (SSSR count). The molecule has 15 heteroatoms. The second kappa shape index (κ2) is 20.1. The predicted molar refractivity (Wildman–Crippen MR) is 156 cm³/mol. The van der Waals surface area contributed by atoms with E-state index in [0.717, 1.165) is 0 Å². The number of hydrogen-bond donors (Lipinski definition) is 3. The van der Waals surface area contributed by atoms with E-state index >= 15 is 0 Å². The molecule has 0 aliphatic rings. The summed E-state index contributed by atoms with van der Waals surface area (Å²) >= 11 is 0. The van der Waals surface area contributed by atoms with Crippen LogP contribution in [0, 0.1) is 0 Å². The third kappa shape index (κ3) is 13.5. The normalized spacial score (nSPS) is 11.7. The molecule has 0 fully saturated rings. The van der Waals surface area contributed by atoms with E-state index in [9.17, 15) is 38.2 Å². The Hall–Kier alpha value is -2.99. The number of esters is 4. The molecule has 0 spiro atoms. The average molecular weight is 637 g/mol. The molecule has 0 aromatic rings. The molecule has 43 heavy (non-hydrogen) atoms. The molecule has 0 aliphatic heterocycles. The van der Waals surface area contributed by atoms with E-state index in [1.807, 2.05) is 0 Å². The van der Waals surface area contributed by atoms with Crippen molar-refractivity contribution in [2.24, 2.45) is 0 Å². The van der Waals surface area contributed by atoms with E-state index in [1.165, 1.54) is 13.8 Å². The van der Waals surface area contributed by atoms with Crippen LogP contribution < -0.4 is 10.6 Å². The summed E-state index contributed by atoms with van der Waals surface area (Å²) in [4.78, 5) is 84.8. The first-order chi connectivity index (χ1) is 20.2. The summed E-state index contributed by atoms with van der Waals surface area (Å²) in [6, 6.07) is 0. The third-order valence-electron chi connectivity index (χ3n) is 6.39. The van der Waals surface area contributed by atoms with Crippen molar-refractivity contribution in [2.75, 3.05) is 38.8 Å². The van der Waals surface area contributed by atoms with E-state index in [2.05, 4.69) is 10.6 Å². The number of amides is 2. The Labute approximate surface area is 253 Å². The van der Waals surface area contributed by atoms with Gasteiger partial charge in [-0.3, -0.25) is 14.2 Å². The lowest BCUT2D eigenvalue weighted by Gasteiger charge is -2.29. The van der Waals surface area contributed by atoms with Crippen molar-refractivity contribution in [2.45, 2.75) is 104 Å². The molecule has 0 aliphatic carbocycles. The van der Waals surface area contributed by atoms with Crippen molar-refractivity contribution in [1.29, 1.82) is 0 Å². The van der Waals surface area contributed by atoms with Crippen molar-refractivity contribution in [3.05, 3.63) is 0 Å². The number of carbonyl (C=O) groups excluding carboxylic acids is 6. The maximum absolute atomic E-state index is 12.7. The first-order valence-electron chi connectivity index (χ1n) is 14.7. The van der Waals surface area contributed by atoms with E-state index in [4.69, 9.17) is 18.9 Å². The van der Waals surface area contributed by atoms with Gasteiger partial charge in [0.15, 0.2) is 0 Å². The van der Waals surface area contributed by atoms with Gasteiger partial charge in [-0.1, -0.05) is 12.8 Å². The molecule has 3 N–H and O–H groups in total. The summed E-state index contributed by atoms with van der Waals surface area (Å²) in [6.45, 7) is 8.59. The van der Waals surface area contributed by atoms with Crippen LogP contribution in [0.4, 0.5) is 0 Å². The molecule has 0 radical (unpaired) electrons. The molecular weight excluding hydrogens is 587 g/mol. The molecule has 0 heterocycles. The molecule has 0 saturated carbocycles. The molecule has 2 amide bonds. The molecule has 14 nitrogen and oxygen atoms in total. The van der Waals surface area contributed by atoms with Gasteiger partial charge >= 0.3 is 23.9 Å². The highest BCUT2D eigenvalue weighted by Crippen LogP contribution is 2.43. The zero-order valence-corrected chi connectivity index (χ0v) is 27.2. The smallest absolute Gasteiger partial charge is 0.343 e. The molecule has 0 aromatic heterocycles. The number of carbonyl (C=O) groups is 6. The molecular formula is C28H49N2O12P. The van der Waals surface area contributed by atoms with E-state index in [-0.39, 0.29) is 64.4 Å². The monoisotopic (exact) mass is 636 g/mol. The SMILES string of the molecule is CCOC(=O)C(CCCCCP(=O)(O)CCCCCC(NC(C)=O)(C(=O)OCC)C(=O)OCC)(NC(C)=O)C(=O)OCC. The van der Waals surface area contributed by atoms with Gasteiger partial charge in [-0.2, -0.15) is 0 Å². The van der Waals surface area contributed by atoms with Crippen molar-refractivity contribution in [1.82, 2.24) is 10.6 Å². The number of rotatable bonds is 22. The zero-order chi connectivity index (χ0) is 33.1. The minimum Gasteiger partial charge on any atom is -0.464 e. The highest BCUT2D eigenvalue weighted by atomic mass is 31.2. The fourth-order valence-electron chi connectivity index (χ4n) is 4.49. The summed E-state index contributed by atoms with van der Waals surface area (Å²) in [5.74, 6) is -4.93. The van der Waals surface area contributed by atoms with Gasteiger partial charge in [0.05, 0.1) is 26.4 Å². The Morgan fingerprint density at radius 1 is 0.558 bits per heavy atom. The van der Waals surface area contributed by atoms with Gasteiger partial charge in [-0.05, 0) is 66.2 Å². The molecule has 0 atom stereocenters. The van der Waals surface area contributed by atoms with Gasteiger partial charge in [0.1, 0.15) is 0 Å². The Bertz CT molecular complexity index is 890. The van der Waals surface area contributed by atoms with E-state index in [1.54, 1.807) is 27.7 Å². The van der Waals surface area contributed by atoms with Gasteiger partial charge in [0.25, 0.3) is 0 Å². The van der Waals surface area contributed by atoms with Crippen LogP contribution in [-0.2, 0) is 52.3 Å². The van der Waals surface area contributed by atoms with Crippen molar-refractivity contribution >= 4 is 43.1 Å². The lowest BCUT2D eigenvalue weighted by molar-refractivity contribution is -0.169. The first-order valence-corrected chi connectivity index (χ1v) is 16.8. The first kappa shape index (κ1) is 40.0. The lowest BCUT2D eigenvalue weighted by atomic mass is 9.91. The van der Waals surface area contributed by atoms with Crippen LogP contribution >= 0.6 is 7.37 Å². The quantitative estimate of drug-likeness (QED) is 0.0516. The van der Waals surface area contributed by atoms with Crippen LogP contribution in [0.25, 0.3) is 0 Å². The second-order valence-electron chi connectivity index (χ2n) is 9.97. The Morgan fingerprint density at radius 2 is 0.837 bits per heavy atom. The molecule has 0 bridgehead atoms. The van der Waals surface area contributed by atoms with Crippen LogP contribution in [0.5, 0.6) is 0 Å². The highest BCUT2D eigenvalue weighted by molar-refractivity contribution is 7.57. The Balaban J connectivity index is 5.08. The topological polar surface area (TPSA) is 201 Å². The summed E-state index contributed by atoms with van der Waals surface area (Å²) in [5, 5.41) is 4.77. The van der Waals surface area contributed by atoms with Crippen molar-refractivity contribution in [3.8, 4) is 0 Å². The maximum atomic E-state index is 12.7. The van der Waals surface area contributed by atoms with Gasteiger partial charge in [0.2, 0.25) is 30.3 Å². The van der Waals surface area contributed by atoms with Gasteiger partial charge in [0, 0.05) is 26.2 Å². The number of unbranched alkanes of at least 4 members (excludes halogenated alkanes) is 4. The van der Waals surface area contributed by atoms with Gasteiger partial charge < -0.3 is 34.5 Å². The van der Waals surface area contributed by atoms with Crippen molar-refractivity contribution in [3.63, 3.8) is 0 Å². The van der Waals surface area contributed by atoms with Crippen LogP contribution in [-0.4, -0.2) is 90.4 Å². The third-order valence-corrected chi connectivity index (χ3v) is 8.42. The minimum atomic E-state index is -3.52. The summed E-state index contributed by atoms with van der Waals surface area (Å²) in [5.41, 5.74) is -4.00. The summed E-state index contributed by atoms with van der Waals surface area (Å²) < 4.78 is 32.9. The largest absolute Gasteiger partial charge is 0.464 e. The molecule has 248 valence electrons. The Kier molecular flexibility index (Phi) is 18.7. The molecule has 0 unspecified atom stereocenters. The van der Waals surface area contributed by atoms with Gasteiger partial charge in [-0.25, -0.2) is 19.2 Å². The van der Waals surface area contributed by atoms with Crippen LogP contribution in [0.15, 0.2) is 0 Å². The fraction of sp³-hybridized carbons (Fsp3) is 0.786. The standard InChI is InChI=1S/C28H49N2O12P/c1-7-39-23(33)27(29-21(5)31,24(34)40-8-2)17-13-11-15-19-43(37,38)20-16-12-14-18-28(30-22(6)32,25(35)41-9-3)26(36)42-10-4/h7-20H2,1-6H3,(H,29,31)(H,30,32)(H,37,38). The highest BCUT2D eigenvalue weighted by Gasteiger charge is 2.50. The average Bonchev–Trinajstić information content (AvgIpc) is 2.91. The number of nitrogens with one attached hydrogen (secondary N) is 2. The fourth-order valence-corrected chi connectivity index (χ4v) is 6.14. The predicted octanol–water partition coefficient (Wildman–Crippen LogP) is 2.38. The zero-order valence-electron chi connectivity index (χ0n) is 26.3. The minimum absolute atomic E-state index is 0.000428. The lowest BCUT2D eigenvalue weighted by Crippen LogP contribution is -2.61. The van der Waals surface area contributed by atoms with Crippen LogP contribution in [0.2, 0.25) is 0 Å². The number of ether oxygens (including phenoxy) is 4. The van der Waals surface area contributed by atoms with E-state index < -0.39 is 54.1 Å². The van der Waals surface area contributed by atoms with Crippen LogP contribution in [0.3, 0.4) is 0 Å². The van der Waals surface area contributed by atoms with E-state index in [0.29, 0.717) is 25.7 Å².